The van der Waals surface area contributed by atoms with Crippen molar-refractivity contribution in [2.75, 3.05) is 0 Å². The first kappa shape index (κ1) is 10.3. The molecule has 1 radical (unpaired) electrons. The second-order valence-corrected chi connectivity index (χ2v) is 2.22. The maximum Gasteiger partial charge on any atom is 0.573 e. The van der Waals surface area contributed by atoms with E-state index in [0.717, 1.165) is 12.1 Å². The molecule has 0 heterocycles. The van der Waals surface area contributed by atoms with E-state index in [1.807, 2.05) is 0 Å². The van der Waals surface area contributed by atoms with E-state index in [0.29, 0.717) is 6.07 Å². The third kappa shape index (κ3) is 2.92. The molecular weight excluding hydrogens is 203 g/mol. The summed E-state index contributed by atoms with van der Waals surface area (Å²) in [6, 6.07) is 4.72. The van der Waals surface area contributed by atoms with Gasteiger partial charge in [0, 0.05) is 12.1 Å². The lowest BCUT2D eigenvalue weighted by molar-refractivity contribution is -0.385. The van der Waals surface area contributed by atoms with Crippen LogP contribution in [0.15, 0.2) is 18.2 Å². The van der Waals surface area contributed by atoms with Crippen LogP contribution < -0.4 is 4.74 Å². The Hall–Kier alpha value is -1.79. The number of nitro groups is 1. The lowest BCUT2D eigenvalue weighted by atomic mass is 10.3. The Morgan fingerprint density at radius 3 is 2.64 bits per heavy atom. The Bertz CT molecular complexity index is 350. The number of halogens is 3. The Labute approximate surface area is 76.1 Å². The number of ether oxygens (including phenoxy) is 1. The topological polar surface area (TPSA) is 52.4 Å². The summed E-state index contributed by atoms with van der Waals surface area (Å²) in [5.74, 6) is -0.730. The van der Waals surface area contributed by atoms with Crippen molar-refractivity contribution in [3.63, 3.8) is 0 Å². The third-order valence-electron chi connectivity index (χ3n) is 1.20. The van der Waals surface area contributed by atoms with Gasteiger partial charge in [0.1, 0.15) is 5.75 Å². The van der Waals surface area contributed by atoms with Gasteiger partial charge in [0.05, 0.1) is 11.0 Å². The van der Waals surface area contributed by atoms with Gasteiger partial charge in [-0.2, -0.15) is 0 Å². The quantitative estimate of drug-likeness (QED) is 0.551. The van der Waals surface area contributed by atoms with E-state index in [4.69, 9.17) is 0 Å². The van der Waals surface area contributed by atoms with Gasteiger partial charge in [0.2, 0.25) is 0 Å². The summed E-state index contributed by atoms with van der Waals surface area (Å²) in [6.45, 7) is 0. The molecule has 0 aromatic heterocycles. The molecule has 0 unspecified atom stereocenters. The molecule has 7 heteroatoms. The molecule has 0 fully saturated rings. The van der Waals surface area contributed by atoms with Crippen molar-refractivity contribution in [3.8, 4) is 5.75 Å². The summed E-state index contributed by atoms with van der Waals surface area (Å²) >= 11 is 0. The average Bonchev–Trinajstić information content (AvgIpc) is 2.01. The minimum absolute atomic E-state index is 0.483. The van der Waals surface area contributed by atoms with Crippen molar-refractivity contribution < 1.29 is 22.8 Å². The molecule has 0 amide bonds. The molecule has 1 rings (SSSR count). The lowest BCUT2D eigenvalue weighted by Crippen LogP contribution is -2.17. The third-order valence-corrected chi connectivity index (χ3v) is 1.20. The van der Waals surface area contributed by atoms with Crippen LogP contribution in [0.25, 0.3) is 0 Å². The van der Waals surface area contributed by atoms with E-state index in [2.05, 4.69) is 10.8 Å². The van der Waals surface area contributed by atoms with Crippen LogP contribution in [0.2, 0.25) is 0 Å². The fraction of sp³-hybridized carbons (Fsp3) is 0.143. The number of hydrogen-bond acceptors (Lipinski definition) is 3. The maximum absolute atomic E-state index is 11.7. The molecule has 0 spiro atoms. The maximum atomic E-state index is 11.7. The summed E-state index contributed by atoms with van der Waals surface area (Å²) in [5.41, 5.74) is -0.483. The number of benzene rings is 1. The van der Waals surface area contributed by atoms with Crippen molar-refractivity contribution in [1.82, 2.24) is 0 Å². The average molecular weight is 206 g/mol. The molecule has 1 aromatic carbocycles. The molecular formula is C7H3F3NO3. The number of rotatable bonds is 2. The lowest BCUT2D eigenvalue weighted by Gasteiger charge is -2.07. The molecule has 14 heavy (non-hydrogen) atoms. The highest BCUT2D eigenvalue weighted by molar-refractivity contribution is 5.37. The summed E-state index contributed by atoms with van der Waals surface area (Å²) in [7, 11) is 0. The first-order valence-corrected chi connectivity index (χ1v) is 3.30. The fourth-order valence-corrected chi connectivity index (χ4v) is 0.730. The summed E-state index contributed by atoms with van der Waals surface area (Å²) < 4.78 is 38.4. The molecule has 1 aromatic rings. The van der Waals surface area contributed by atoms with Gasteiger partial charge in [-0.15, -0.1) is 13.2 Å². The normalized spacial score (nSPS) is 11.1. The Kier molecular flexibility index (Phi) is 2.59. The molecule has 0 aliphatic carbocycles. The first-order valence-electron chi connectivity index (χ1n) is 3.30. The van der Waals surface area contributed by atoms with Gasteiger partial charge in [-0.1, -0.05) is 0 Å². The van der Waals surface area contributed by atoms with Crippen molar-refractivity contribution in [2.45, 2.75) is 6.36 Å². The predicted molar refractivity (Wildman–Crippen MR) is 38.6 cm³/mol. The van der Waals surface area contributed by atoms with E-state index < -0.39 is 22.7 Å². The first-order chi connectivity index (χ1) is 6.38. The largest absolute Gasteiger partial charge is 0.573 e. The molecule has 4 nitrogen and oxygen atoms in total. The van der Waals surface area contributed by atoms with E-state index in [9.17, 15) is 23.3 Å². The number of nitro benzene ring substituents is 1. The van der Waals surface area contributed by atoms with Crippen LogP contribution in [-0.4, -0.2) is 11.3 Å². The second kappa shape index (κ2) is 3.52. The van der Waals surface area contributed by atoms with Crippen molar-refractivity contribution in [2.24, 2.45) is 0 Å². The minimum atomic E-state index is -4.87. The number of nitrogens with zero attached hydrogens (tertiary/aromatic N) is 1. The zero-order chi connectivity index (χ0) is 10.8. The molecule has 0 bridgehead atoms. The van der Waals surface area contributed by atoms with E-state index in [1.54, 1.807) is 0 Å². The van der Waals surface area contributed by atoms with Crippen LogP contribution in [0.1, 0.15) is 0 Å². The Morgan fingerprint density at radius 2 is 2.14 bits per heavy atom. The van der Waals surface area contributed by atoms with Crippen LogP contribution in [0.4, 0.5) is 18.9 Å². The SMILES string of the molecule is O=[N+]([O-])c1cc[c]c(OC(F)(F)F)c1. The number of hydrogen-bond donors (Lipinski definition) is 0. The number of alkyl halides is 3. The van der Waals surface area contributed by atoms with E-state index in [-0.39, 0.29) is 0 Å². The minimum Gasteiger partial charge on any atom is -0.405 e. The summed E-state index contributed by atoms with van der Waals surface area (Å²) in [5, 5.41) is 10.2. The zero-order valence-corrected chi connectivity index (χ0v) is 6.54. The Morgan fingerprint density at radius 1 is 1.50 bits per heavy atom. The van der Waals surface area contributed by atoms with Crippen LogP contribution in [-0.2, 0) is 0 Å². The fourth-order valence-electron chi connectivity index (χ4n) is 0.730. The molecule has 0 aliphatic heterocycles. The predicted octanol–water partition coefficient (Wildman–Crippen LogP) is 2.29. The Balaban J connectivity index is 2.89. The van der Waals surface area contributed by atoms with Crippen LogP contribution in [0.3, 0.4) is 0 Å². The highest BCUT2D eigenvalue weighted by Crippen LogP contribution is 2.25. The highest BCUT2D eigenvalue weighted by Gasteiger charge is 2.31. The van der Waals surface area contributed by atoms with Gasteiger partial charge >= 0.3 is 6.36 Å². The molecule has 0 N–H and O–H groups in total. The van der Waals surface area contributed by atoms with E-state index in [1.165, 1.54) is 0 Å². The van der Waals surface area contributed by atoms with Gasteiger partial charge in [-0.3, -0.25) is 10.1 Å². The van der Waals surface area contributed by atoms with Gasteiger partial charge in [0.25, 0.3) is 5.69 Å². The molecule has 0 saturated heterocycles. The smallest absolute Gasteiger partial charge is 0.405 e. The summed E-state index contributed by atoms with van der Waals surface area (Å²) in [6.07, 6.45) is -4.87. The summed E-state index contributed by atoms with van der Waals surface area (Å²) in [4.78, 5) is 9.35. The zero-order valence-electron chi connectivity index (χ0n) is 6.54. The van der Waals surface area contributed by atoms with Crippen LogP contribution >= 0.6 is 0 Å². The standard InChI is InChI=1S/C7H3F3NO3/c8-7(9,10)14-6-3-1-2-5(4-6)11(12)13/h1-2,4H. The van der Waals surface area contributed by atoms with Gasteiger partial charge in [-0.25, -0.2) is 0 Å². The highest BCUT2D eigenvalue weighted by atomic mass is 19.4. The second-order valence-electron chi connectivity index (χ2n) is 2.22. The van der Waals surface area contributed by atoms with Gasteiger partial charge in [-0.05, 0) is 6.07 Å². The molecule has 75 valence electrons. The molecule has 0 saturated carbocycles. The van der Waals surface area contributed by atoms with Crippen molar-refractivity contribution >= 4 is 5.69 Å². The van der Waals surface area contributed by atoms with Gasteiger partial charge in [0.15, 0.2) is 0 Å². The number of non-ortho nitro benzene ring substituents is 1. The monoisotopic (exact) mass is 206 g/mol. The van der Waals surface area contributed by atoms with Gasteiger partial charge < -0.3 is 4.74 Å². The van der Waals surface area contributed by atoms with Crippen molar-refractivity contribution in [3.05, 3.63) is 34.4 Å². The van der Waals surface area contributed by atoms with Crippen LogP contribution in [0, 0.1) is 16.2 Å². The molecule has 0 atom stereocenters. The van der Waals surface area contributed by atoms with Crippen LogP contribution in [0.5, 0.6) is 5.75 Å². The van der Waals surface area contributed by atoms with Crippen molar-refractivity contribution in [1.29, 1.82) is 0 Å². The molecule has 0 aliphatic rings. The van der Waals surface area contributed by atoms with E-state index >= 15 is 0 Å².